The third-order valence-electron chi connectivity index (χ3n) is 2.96. The van der Waals surface area contributed by atoms with E-state index in [1.807, 2.05) is 17.5 Å². The predicted molar refractivity (Wildman–Crippen MR) is 81.9 cm³/mol. The third-order valence-corrected chi connectivity index (χ3v) is 4.16. The number of ether oxygens (including phenoxy) is 1. The monoisotopic (exact) mass is 327 g/mol. The molecule has 0 radical (unpaired) electrons. The lowest BCUT2D eigenvalue weighted by Crippen LogP contribution is -2.23. The van der Waals surface area contributed by atoms with Gasteiger partial charge in [0.2, 0.25) is 0 Å². The molecule has 0 aliphatic carbocycles. The van der Waals surface area contributed by atoms with Crippen molar-refractivity contribution in [1.82, 2.24) is 5.32 Å². The Hall–Kier alpha value is -1.43. The number of rotatable bonds is 6. The van der Waals surface area contributed by atoms with Crippen LogP contribution in [0.15, 0.2) is 35.7 Å². The molecule has 112 valence electrons. The highest BCUT2D eigenvalue weighted by molar-refractivity contribution is 7.10. The van der Waals surface area contributed by atoms with Crippen LogP contribution in [-0.4, -0.2) is 13.1 Å². The van der Waals surface area contributed by atoms with Gasteiger partial charge in [-0.3, -0.25) is 4.79 Å². The average molecular weight is 328 g/mol. The molecule has 0 aliphatic heterocycles. The number of carbonyl (C=O) groups is 1. The van der Waals surface area contributed by atoms with E-state index in [0.29, 0.717) is 11.6 Å². The fourth-order valence-corrected chi connectivity index (χ4v) is 3.01. The van der Waals surface area contributed by atoms with Crippen LogP contribution >= 0.6 is 22.9 Å². The van der Waals surface area contributed by atoms with Gasteiger partial charge in [0, 0.05) is 16.4 Å². The molecule has 1 aromatic heterocycles. The van der Waals surface area contributed by atoms with Crippen molar-refractivity contribution in [2.45, 2.75) is 19.0 Å². The third kappa shape index (κ3) is 4.81. The first kappa shape index (κ1) is 15.9. The first-order valence-corrected chi connectivity index (χ1v) is 7.63. The van der Waals surface area contributed by atoms with Crippen molar-refractivity contribution in [2.24, 2.45) is 0 Å². The second-order valence-electron chi connectivity index (χ2n) is 4.51. The highest BCUT2D eigenvalue weighted by atomic mass is 35.5. The number of nitrogens with one attached hydrogen (secondary N) is 1. The van der Waals surface area contributed by atoms with E-state index in [2.05, 4.69) is 5.32 Å². The van der Waals surface area contributed by atoms with Crippen molar-refractivity contribution >= 4 is 28.9 Å². The van der Waals surface area contributed by atoms with Crippen molar-refractivity contribution in [3.8, 4) is 0 Å². The SMILES string of the molecule is COC(=O)CC(NCc1cc(F)cc(Cl)c1)c1cccs1. The van der Waals surface area contributed by atoms with Gasteiger partial charge in [0.15, 0.2) is 0 Å². The molecular formula is C15H15ClFNO2S. The van der Waals surface area contributed by atoms with Crippen LogP contribution in [0, 0.1) is 5.82 Å². The van der Waals surface area contributed by atoms with Gasteiger partial charge in [0.25, 0.3) is 0 Å². The maximum absolute atomic E-state index is 13.3. The van der Waals surface area contributed by atoms with Crippen LogP contribution in [0.1, 0.15) is 22.9 Å². The van der Waals surface area contributed by atoms with Gasteiger partial charge < -0.3 is 10.1 Å². The van der Waals surface area contributed by atoms with E-state index in [9.17, 15) is 9.18 Å². The predicted octanol–water partition coefficient (Wildman–Crippen LogP) is 3.93. The van der Waals surface area contributed by atoms with Crippen LogP contribution in [0.3, 0.4) is 0 Å². The number of esters is 1. The van der Waals surface area contributed by atoms with E-state index in [-0.39, 0.29) is 24.2 Å². The molecule has 2 aromatic rings. The van der Waals surface area contributed by atoms with E-state index < -0.39 is 0 Å². The fraction of sp³-hybridized carbons (Fsp3) is 0.267. The first-order valence-electron chi connectivity index (χ1n) is 6.37. The molecule has 1 aromatic carbocycles. The van der Waals surface area contributed by atoms with Crippen LogP contribution in [0.4, 0.5) is 4.39 Å². The Kier molecular flexibility index (Phi) is 5.73. The summed E-state index contributed by atoms with van der Waals surface area (Å²) < 4.78 is 18.0. The molecule has 0 aliphatic rings. The Bertz CT molecular complexity index is 583. The van der Waals surface area contributed by atoms with Crippen LogP contribution in [0.5, 0.6) is 0 Å². The van der Waals surface area contributed by atoms with E-state index in [4.69, 9.17) is 16.3 Å². The van der Waals surface area contributed by atoms with Gasteiger partial charge in [-0.1, -0.05) is 17.7 Å². The van der Waals surface area contributed by atoms with Crippen molar-refractivity contribution in [3.63, 3.8) is 0 Å². The molecular weight excluding hydrogens is 313 g/mol. The Labute approximate surface area is 131 Å². The summed E-state index contributed by atoms with van der Waals surface area (Å²) in [5, 5.41) is 5.54. The smallest absolute Gasteiger partial charge is 0.307 e. The molecule has 2 rings (SSSR count). The van der Waals surface area contributed by atoms with Crippen LogP contribution < -0.4 is 5.32 Å². The van der Waals surface area contributed by atoms with Crippen LogP contribution in [-0.2, 0) is 16.1 Å². The zero-order valence-electron chi connectivity index (χ0n) is 11.4. The summed E-state index contributed by atoms with van der Waals surface area (Å²) >= 11 is 7.39. The zero-order valence-corrected chi connectivity index (χ0v) is 13.0. The second-order valence-corrected chi connectivity index (χ2v) is 5.92. The first-order chi connectivity index (χ1) is 10.1. The van der Waals surface area contributed by atoms with Gasteiger partial charge >= 0.3 is 5.97 Å². The van der Waals surface area contributed by atoms with Gasteiger partial charge in [0.05, 0.1) is 19.6 Å². The Morgan fingerprint density at radius 2 is 2.29 bits per heavy atom. The summed E-state index contributed by atoms with van der Waals surface area (Å²) in [5.41, 5.74) is 0.728. The lowest BCUT2D eigenvalue weighted by Gasteiger charge is -2.16. The summed E-state index contributed by atoms with van der Waals surface area (Å²) in [6, 6.07) is 8.08. The summed E-state index contributed by atoms with van der Waals surface area (Å²) in [6.07, 6.45) is 0.222. The summed E-state index contributed by atoms with van der Waals surface area (Å²) in [7, 11) is 1.36. The highest BCUT2D eigenvalue weighted by Crippen LogP contribution is 2.23. The minimum Gasteiger partial charge on any atom is -0.469 e. The standard InChI is InChI=1S/C15H15ClFNO2S/c1-20-15(19)8-13(14-3-2-4-21-14)18-9-10-5-11(16)7-12(17)6-10/h2-7,13,18H,8-9H2,1H3. The lowest BCUT2D eigenvalue weighted by atomic mass is 10.1. The second kappa shape index (κ2) is 7.54. The molecule has 0 amide bonds. The van der Waals surface area contributed by atoms with Crippen LogP contribution in [0.25, 0.3) is 0 Å². The van der Waals surface area contributed by atoms with Gasteiger partial charge in [0.1, 0.15) is 5.82 Å². The van der Waals surface area contributed by atoms with Crippen molar-refractivity contribution < 1.29 is 13.9 Å². The molecule has 0 saturated carbocycles. The Balaban J connectivity index is 2.06. The van der Waals surface area contributed by atoms with Crippen molar-refractivity contribution in [1.29, 1.82) is 0 Å². The van der Waals surface area contributed by atoms with Crippen molar-refractivity contribution in [3.05, 3.63) is 57.0 Å². The van der Waals surface area contributed by atoms with Gasteiger partial charge in [-0.05, 0) is 35.2 Å². The maximum Gasteiger partial charge on any atom is 0.307 e. The number of benzene rings is 1. The molecule has 1 N–H and O–H groups in total. The van der Waals surface area contributed by atoms with Gasteiger partial charge in [-0.25, -0.2) is 4.39 Å². The molecule has 6 heteroatoms. The number of methoxy groups -OCH3 is 1. The molecule has 0 bridgehead atoms. The molecule has 1 unspecified atom stereocenters. The maximum atomic E-state index is 13.3. The largest absolute Gasteiger partial charge is 0.469 e. The average Bonchev–Trinajstić information content (AvgIpc) is 2.96. The van der Waals surface area contributed by atoms with E-state index in [1.165, 1.54) is 19.2 Å². The highest BCUT2D eigenvalue weighted by Gasteiger charge is 2.17. The summed E-state index contributed by atoms with van der Waals surface area (Å²) in [4.78, 5) is 12.5. The number of halogens is 2. The quantitative estimate of drug-likeness (QED) is 0.817. The van der Waals surface area contributed by atoms with E-state index >= 15 is 0 Å². The summed E-state index contributed by atoms with van der Waals surface area (Å²) in [5.74, 6) is -0.668. The fourth-order valence-electron chi connectivity index (χ4n) is 1.97. The number of thiophene rings is 1. The van der Waals surface area contributed by atoms with E-state index in [0.717, 1.165) is 10.4 Å². The molecule has 1 atom stereocenters. The molecule has 0 spiro atoms. The molecule has 1 heterocycles. The zero-order chi connectivity index (χ0) is 15.2. The molecule has 0 fully saturated rings. The minimum absolute atomic E-state index is 0.167. The van der Waals surface area contributed by atoms with Crippen LogP contribution in [0.2, 0.25) is 5.02 Å². The minimum atomic E-state index is -0.375. The van der Waals surface area contributed by atoms with Crippen molar-refractivity contribution in [2.75, 3.05) is 7.11 Å². The van der Waals surface area contributed by atoms with E-state index in [1.54, 1.807) is 17.4 Å². The summed E-state index contributed by atoms with van der Waals surface area (Å²) in [6.45, 7) is 0.414. The molecule has 21 heavy (non-hydrogen) atoms. The lowest BCUT2D eigenvalue weighted by molar-refractivity contribution is -0.141. The Morgan fingerprint density at radius 1 is 1.48 bits per heavy atom. The normalized spacial score (nSPS) is 12.1. The number of hydrogen-bond donors (Lipinski definition) is 1. The van der Waals surface area contributed by atoms with Gasteiger partial charge in [-0.2, -0.15) is 0 Å². The van der Waals surface area contributed by atoms with Gasteiger partial charge in [-0.15, -0.1) is 11.3 Å². The molecule has 3 nitrogen and oxygen atoms in total. The Morgan fingerprint density at radius 3 is 2.90 bits per heavy atom. The number of carbonyl (C=O) groups excluding carboxylic acids is 1. The molecule has 0 saturated heterocycles. The number of hydrogen-bond acceptors (Lipinski definition) is 4. The topological polar surface area (TPSA) is 38.3 Å².